The van der Waals surface area contributed by atoms with Crippen LogP contribution < -0.4 is 34.2 Å². The van der Waals surface area contributed by atoms with E-state index < -0.39 is 22.8 Å². The Labute approximate surface area is 320 Å². The SMILES string of the molecule is COCC1(C)NC(C(C)(C)O)=C(C(=O)[O-])N1c1ccc(-c2ccccc2-c2nnnn2C(c2ccccc2)(c2ccccc2)c2ccccc2)cc1.[Li+]. The van der Waals surface area contributed by atoms with Gasteiger partial charge in [-0.05, 0) is 71.1 Å². The molecule has 1 unspecified atom stereocenters. The number of carbonyl (C=O) groups excluding carboxylic acids is 1. The number of tetrazole rings is 1. The molecule has 262 valence electrons. The molecule has 2 N–H and O–H groups in total. The molecule has 1 aliphatic heterocycles. The zero-order valence-corrected chi connectivity index (χ0v) is 30.4. The predicted octanol–water partition coefficient (Wildman–Crippen LogP) is 2.36. The van der Waals surface area contributed by atoms with Crippen molar-refractivity contribution in [3.63, 3.8) is 0 Å². The summed E-state index contributed by atoms with van der Waals surface area (Å²) in [6.07, 6.45) is 0. The molecule has 5 aromatic carbocycles. The number of benzene rings is 5. The molecule has 7 rings (SSSR count). The maximum Gasteiger partial charge on any atom is 1.00 e. The third-order valence-corrected chi connectivity index (χ3v) is 9.55. The van der Waals surface area contributed by atoms with Gasteiger partial charge in [0.25, 0.3) is 0 Å². The summed E-state index contributed by atoms with van der Waals surface area (Å²) in [5.41, 5.74) is 2.65. The number of carboxylic acid groups (broad SMARTS) is 1. The molecular formula is C42H39LiN6O4. The summed E-state index contributed by atoms with van der Waals surface area (Å²) < 4.78 is 7.41. The first kappa shape index (κ1) is 37.3. The Kier molecular flexibility index (Phi) is 10.4. The summed E-state index contributed by atoms with van der Waals surface area (Å²) in [6, 6.07) is 46.2. The molecule has 0 bridgehead atoms. The first-order valence-corrected chi connectivity index (χ1v) is 17.0. The van der Waals surface area contributed by atoms with E-state index in [1.165, 1.54) is 13.8 Å². The van der Waals surface area contributed by atoms with Crippen LogP contribution in [-0.2, 0) is 15.1 Å². The van der Waals surface area contributed by atoms with Gasteiger partial charge in [0.05, 0.1) is 24.0 Å². The Morgan fingerprint density at radius 3 is 1.75 bits per heavy atom. The second-order valence-corrected chi connectivity index (χ2v) is 13.6. The van der Waals surface area contributed by atoms with E-state index in [9.17, 15) is 15.0 Å². The molecule has 0 saturated heterocycles. The number of aliphatic carboxylic acids is 1. The van der Waals surface area contributed by atoms with Crippen molar-refractivity contribution in [2.45, 2.75) is 37.6 Å². The van der Waals surface area contributed by atoms with Gasteiger partial charge in [-0.1, -0.05) is 127 Å². The maximum absolute atomic E-state index is 12.6. The first-order chi connectivity index (χ1) is 25.1. The van der Waals surface area contributed by atoms with Crippen LogP contribution in [0, 0.1) is 0 Å². The fraction of sp³-hybridized carbons (Fsp3) is 0.190. The number of aromatic nitrogens is 4. The van der Waals surface area contributed by atoms with E-state index in [0.29, 0.717) is 11.5 Å². The van der Waals surface area contributed by atoms with Gasteiger partial charge in [0, 0.05) is 18.4 Å². The fourth-order valence-corrected chi connectivity index (χ4v) is 7.38. The number of nitrogens with zero attached hydrogens (tertiary/aromatic N) is 5. The smallest absolute Gasteiger partial charge is 0.543 e. The molecule has 1 atom stereocenters. The van der Waals surface area contributed by atoms with Crippen LogP contribution in [0.2, 0.25) is 0 Å². The van der Waals surface area contributed by atoms with Gasteiger partial charge >= 0.3 is 18.9 Å². The molecule has 11 heteroatoms. The third-order valence-electron chi connectivity index (χ3n) is 9.55. The molecule has 6 aromatic rings. The molecule has 0 saturated carbocycles. The largest absolute Gasteiger partial charge is 1.00 e. The Morgan fingerprint density at radius 1 is 0.792 bits per heavy atom. The monoisotopic (exact) mass is 698 g/mol. The van der Waals surface area contributed by atoms with Gasteiger partial charge in [-0.3, -0.25) is 0 Å². The minimum Gasteiger partial charge on any atom is -0.543 e. The van der Waals surface area contributed by atoms with E-state index in [4.69, 9.17) is 9.95 Å². The first-order valence-electron chi connectivity index (χ1n) is 17.0. The van der Waals surface area contributed by atoms with Crippen LogP contribution >= 0.6 is 0 Å². The average Bonchev–Trinajstić information content (AvgIpc) is 3.77. The maximum atomic E-state index is 12.6. The zero-order valence-electron chi connectivity index (χ0n) is 30.4. The van der Waals surface area contributed by atoms with Gasteiger partial charge in [0.2, 0.25) is 0 Å². The Balaban J connectivity index is 0.00000481. The van der Waals surface area contributed by atoms with E-state index in [0.717, 1.165) is 33.4 Å². The third kappa shape index (κ3) is 6.56. The van der Waals surface area contributed by atoms with Gasteiger partial charge in [-0.15, -0.1) is 5.10 Å². The molecule has 0 spiro atoms. The quantitative estimate of drug-likeness (QED) is 0.155. The number of carboxylic acids is 1. The summed E-state index contributed by atoms with van der Waals surface area (Å²) in [7, 11) is 1.54. The number of hydrogen-bond donors (Lipinski definition) is 2. The van der Waals surface area contributed by atoms with Crippen LogP contribution in [0.15, 0.2) is 151 Å². The van der Waals surface area contributed by atoms with Crippen molar-refractivity contribution < 1.29 is 38.6 Å². The normalized spacial score (nSPS) is 15.9. The molecule has 0 aliphatic carbocycles. The average molecular weight is 699 g/mol. The fourth-order valence-electron chi connectivity index (χ4n) is 7.38. The van der Waals surface area contributed by atoms with Crippen molar-refractivity contribution in [1.29, 1.82) is 0 Å². The summed E-state index contributed by atoms with van der Waals surface area (Å²) >= 11 is 0. The molecule has 0 fully saturated rings. The molecule has 1 aromatic heterocycles. The van der Waals surface area contributed by atoms with Crippen molar-refractivity contribution in [3.05, 3.63) is 168 Å². The second kappa shape index (κ2) is 14.9. The summed E-state index contributed by atoms with van der Waals surface area (Å²) in [6.45, 7) is 5.01. The van der Waals surface area contributed by atoms with Crippen LogP contribution in [0.25, 0.3) is 22.5 Å². The van der Waals surface area contributed by atoms with Crippen molar-refractivity contribution >= 4 is 11.7 Å². The van der Waals surface area contributed by atoms with Crippen molar-refractivity contribution in [1.82, 2.24) is 25.5 Å². The van der Waals surface area contributed by atoms with Gasteiger partial charge in [0.15, 0.2) is 5.82 Å². The summed E-state index contributed by atoms with van der Waals surface area (Å²) in [5, 5.41) is 40.4. The predicted molar refractivity (Wildman–Crippen MR) is 198 cm³/mol. The van der Waals surface area contributed by atoms with Crippen LogP contribution in [-0.4, -0.2) is 56.3 Å². The standard InChI is InChI=1S/C42H40N6O4.Li/c1-40(2,51)37-36(39(49)50)47(41(3,43-37)28-52-4)33-26-24-29(25-27-33)34-22-14-15-23-35(34)38-44-45-46-48(38)42(30-16-8-5-9-17-30,31-18-10-6-11-19-31)32-20-12-7-13-21-32;/h5-27,43,51H,28H2,1-4H3,(H,49,50);/q;+1/p-1. The number of methoxy groups -OCH3 is 1. The summed E-state index contributed by atoms with van der Waals surface area (Å²) in [4.78, 5) is 14.2. The summed E-state index contributed by atoms with van der Waals surface area (Å²) in [5.74, 6) is -0.853. The van der Waals surface area contributed by atoms with Crippen LogP contribution in [0.5, 0.6) is 0 Å². The van der Waals surface area contributed by atoms with Gasteiger partial charge in [-0.2, -0.15) is 0 Å². The molecule has 1 aliphatic rings. The number of carbonyl (C=O) groups is 1. The van der Waals surface area contributed by atoms with E-state index in [1.54, 1.807) is 12.0 Å². The number of hydrogen-bond acceptors (Lipinski definition) is 9. The molecule has 2 heterocycles. The van der Waals surface area contributed by atoms with Crippen LogP contribution in [0.1, 0.15) is 37.5 Å². The van der Waals surface area contributed by atoms with Crippen molar-refractivity contribution in [2.75, 3.05) is 18.6 Å². The van der Waals surface area contributed by atoms with Crippen molar-refractivity contribution in [3.8, 4) is 22.5 Å². The number of nitrogens with one attached hydrogen (secondary N) is 1. The number of anilines is 1. The van der Waals surface area contributed by atoms with E-state index in [1.807, 2.05) is 115 Å². The van der Waals surface area contributed by atoms with Gasteiger partial charge in [-0.25, -0.2) is 4.68 Å². The minimum atomic E-state index is -1.48. The molecule has 0 amide bonds. The zero-order chi connectivity index (χ0) is 36.5. The number of ether oxygens (including phenoxy) is 1. The van der Waals surface area contributed by atoms with Crippen molar-refractivity contribution in [2.24, 2.45) is 0 Å². The molecule has 53 heavy (non-hydrogen) atoms. The molecule has 10 nitrogen and oxygen atoms in total. The second-order valence-electron chi connectivity index (χ2n) is 13.6. The van der Waals surface area contributed by atoms with Crippen LogP contribution in [0.3, 0.4) is 0 Å². The van der Waals surface area contributed by atoms with Gasteiger partial charge in [0.1, 0.15) is 16.8 Å². The Morgan fingerprint density at radius 2 is 1.28 bits per heavy atom. The topological polar surface area (TPSA) is 128 Å². The van der Waals surface area contributed by atoms with E-state index in [2.05, 4.69) is 52.0 Å². The van der Waals surface area contributed by atoms with Gasteiger partial charge < -0.3 is 30.0 Å². The van der Waals surface area contributed by atoms with E-state index >= 15 is 0 Å². The molecular weight excluding hydrogens is 659 g/mol. The Hall–Kier alpha value is -5.50. The van der Waals surface area contributed by atoms with E-state index in [-0.39, 0.29) is 36.9 Å². The number of rotatable bonds is 11. The van der Waals surface area contributed by atoms with Crippen LogP contribution in [0.4, 0.5) is 5.69 Å². The number of aliphatic hydroxyl groups is 1. The minimum absolute atomic E-state index is 0. The molecule has 0 radical (unpaired) electrons. The Bertz CT molecular complexity index is 2120.